The summed E-state index contributed by atoms with van der Waals surface area (Å²) < 4.78 is 0. The average molecular weight is 210 g/mol. The topological polar surface area (TPSA) is 26.7 Å². The van der Waals surface area contributed by atoms with Crippen molar-refractivity contribution in [1.29, 1.82) is 0 Å². The highest BCUT2D eigenvalue weighted by molar-refractivity contribution is 5.18. The first-order valence-corrected chi connectivity index (χ1v) is 5.06. The third kappa shape index (κ3) is 10.9. The zero-order valence-corrected chi connectivity index (χ0v) is 10.1. The zero-order valence-electron chi connectivity index (χ0n) is 10.1. The molecule has 0 unspecified atom stereocenters. The summed E-state index contributed by atoms with van der Waals surface area (Å²) in [7, 11) is 8.35. The Morgan fingerprint density at radius 2 is 1.27 bits per heavy atom. The van der Waals surface area contributed by atoms with E-state index in [9.17, 15) is 0 Å². The number of aromatic hydroxyl groups is 1. The molecule has 86 valence electrons. The van der Waals surface area contributed by atoms with Crippen LogP contribution in [0.25, 0.3) is 0 Å². The van der Waals surface area contributed by atoms with Crippen molar-refractivity contribution in [2.24, 2.45) is 0 Å². The predicted octanol–water partition coefficient (Wildman–Crippen LogP) is 1.50. The van der Waals surface area contributed by atoms with E-state index >= 15 is 0 Å². The van der Waals surface area contributed by atoms with Gasteiger partial charge in [-0.25, -0.2) is 0 Å². The maximum Gasteiger partial charge on any atom is 0.115 e. The van der Waals surface area contributed by atoms with Gasteiger partial charge in [0, 0.05) is 13.1 Å². The molecule has 0 radical (unpaired) electrons. The van der Waals surface area contributed by atoms with Gasteiger partial charge in [0.25, 0.3) is 0 Å². The molecular weight excluding hydrogens is 188 g/mol. The molecule has 0 atom stereocenters. The Labute approximate surface area is 92.9 Å². The first-order chi connectivity index (χ1) is 7.02. The van der Waals surface area contributed by atoms with Crippen LogP contribution >= 0.6 is 0 Å². The van der Waals surface area contributed by atoms with Gasteiger partial charge in [0.15, 0.2) is 0 Å². The molecule has 0 aliphatic carbocycles. The van der Waals surface area contributed by atoms with E-state index in [1.165, 1.54) is 0 Å². The highest BCUT2D eigenvalue weighted by Gasteiger charge is 1.89. The summed E-state index contributed by atoms with van der Waals surface area (Å²) in [6.07, 6.45) is 0. The number of phenolic OH excluding ortho intramolecular Hbond substituents is 1. The summed E-state index contributed by atoms with van der Waals surface area (Å²) in [5.74, 6) is 0.322. The highest BCUT2D eigenvalue weighted by atomic mass is 16.3. The molecule has 3 nitrogen and oxygen atoms in total. The van der Waals surface area contributed by atoms with E-state index in [2.05, 4.69) is 38.0 Å². The fraction of sp³-hybridized carbons (Fsp3) is 0.500. The molecule has 0 heterocycles. The Hall–Kier alpha value is -1.06. The van der Waals surface area contributed by atoms with Crippen LogP contribution in [-0.4, -0.2) is 56.2 Å². The van der Waals surface area contributed by atoms with Gasteiger partial charge in [-0.2, -0.15) is 0 Å². The van der Waals surface area contributed by atoms with E-state index in [4.69, 9.17) is 5.11 Å². The van der Waals surface area contributed by atoms with E-state index in [1.54, 1.807) is 24.3 Å². The SMILES string of the molecule is CN(C)CCN(C)C.Oc1ccccc1. The van der Waals surface area contributed by atoms with Gasteiger partial charge >= 0.3 is 0 Å². The number of rotatable bonds is 3. The summed E-state index contributed by atoms with van der Waals surface area (Å²) in [5.41, 5.74) is 0. The maximum absolute atomic E-state index is 8.63. The Kier molecular flexibility index (Phi) is 7.68. The Bertz CT molecular complexity index is 227. The number of hydrogen-bond acceptors (Lipinski definition) is 3. The molecule has 0 aromatic heterocycles. The van der Waals surface area contributed by atoms with Crippen molar-refractivity contribution >= 4 is 0 Å². The van der Waals surface area contributed by atoms with Crippen LogP contribution in [0.15, 0.2) is 30.3 Å². The van der Waals surface area contributed by atoms with Gasteiger partial charge in [-0.05, 0) is 40.3 Å². The lowest BCUT2D eigenvalue weighted by Gasteiger charge is -2.13. The molecule has 0 aliphatic rings. The lowest BCUT2D eigenvalue weighted by molar-refractivity contribution is 0.320. The van der Waals surface area contributed by atoms with Gasteiger partial charge in [-0.15, -0.1) is 0 Å². The first-order valence-electron chi connectivity index (χ1n) is 5.06. The highest BCUT2D eigenvalue weighted by Crippen LogP contribution is 2.02. The molecule has 15 heavy (non-hydrogen) atoms. The minimum atomic E-state index is 0.322. The van der Waals surface area contributed by atoms with Crippen molar-refractivity contribution in [3.8, 4) is 5.75 Å². The largest absolute Gasteiger partial charge is 0.508 e. The lowest BCUT2D eigenvalue weighted by Crippen LogP contribution is -2.25. The van der Waals surface area contributed by atoms with Gasteiger partial charge in [0.1, 0.15) is 5.75 Å². The van der Waals surface area contributed by atoms with Gasteiger partial charge in [-0.3, -0.25) is 0 Å². The number of nitrogens with zero attached hydrogens (tertiary/aromatic N) is 2. The quantitative estimate of drug-likeness (QED) is 0.819. The van der Waals surface area contributed by atoms with Crippen molar-refractivity contribution in [2.75, 3.05) is 41.3 Å². The minimum Gasteiger partial charge on any atom is -0.508 e. The Morgan fingerprint density at radius 3 is 1.47 bits per heavy atom. The smallest absolute Gasteiger partial charge is 0.115 e. The predicted molar refractivity (Wildman–Crippen MR) is 65.2 cm³/mol. The van der Waals surface area contributed by atoms with E-state index in [-0.39, 0.29) is 0 Å². The molecule has 0 bridgehead atoms. The molecule has 1 aromatic carbocycles. The molecular formula is C12H22N2O. The second kappa shape index (κ2) is 8.26. The van der Waals surface area contributed by atoms with Gasteiger partial charge in [-0.1, -0.05) is 18.2 Å². The fourth-order valence-corrected chi connectivity index (χ4v) is 0.828. The van der Waals surface area contributed by atoms with Gasteiger partial charge in [0.2, 0.25) is 0 Å². The van der Waals surface area contributed by atoms with Crippen LogP contribution in [0.4, 0.5) is 0 Å². The summed E-state index contributed by atoms with van der Waals surface area (Å²) >= 11 is 0. The average Bonchev–Trinajstić information content (AvgIpc) is 2.17. The standard InChI is InChI=1S/C6H16N2.C6H6O/c1-7(2)5-6-8(3)4;7-6-4-2-1-3-5-6/h5-6H2,1-4H3;1-5,7H. The van der Waals surface area contributed by atoms with Crippen molar-refractivity contribution in [3.63, 3.8) is 0 Å². The van der Waals surface area contributed by atoms with Crippen LogP contribution in [0.3, 0.4) is 0 Å². The second-order valence-electron chi connectivity index (χ2n) is 3.94. The van der Waals surface area contributed by atoms with Gasteiger partial charge < -0.3 is 14.9 Å². The van der Waals surface area contributed by atoms with E-state index in [1.807, 2.05) is 6.07 Å². The zero-order chi connectivity index (χ0) is 11.7. The number of hydrogen-bond donors (Lipinski definition) is 1. The van der Waals surface area contributed by atoms with Crippen molar-refractivity contribution in [2.45, 2.75) is 0 Å². The number of benzene rings is 1. The van der Waals surface area contributed by atoms with E-state index in [0.29, 0.717) is 5.75 Å². The summed E-state index contributed by atoms with van der Waals surface area (Å²) in [6, 6.07) is 8.71. The van der Waals surface area contributed by atoms with E-state index in [0.717, 1.165) is 13.1 Å². The summed E-state index contributed by atoms with van der Waals surface area (Å²) in [4.78, 5) is 4.36. The molecule has 0 saturated carbocycles. The third-order valence-corrected chi connectivity index (χ3v) is 1.75. The van der Waals surface area contributed by atoms with E-state index < -0.39 is 0 Å². The van der Waals surface area contributed by atoms with Crippen LogP contribution < -0.4 is 0 Å². The molecule has 3 heteroatoms. The third-order valence-electron chi connectivity index (χ3n) is 1.75. The Balaban J connectivity index is 0.000000262. The number of likely N-dealkylation sites (N-methyl/N-ethyl adjacent to an activating group) is 2. The minimum absolute atomic E-state index is 0.322. The van der Waals surface area contributed by atoms with Crippen LogP contribution in [0.5, 0.6) is 5.75 Å². The summed E-state index contributed by atoms with van der Waals surface area (Å²) in [6.45, 7) is 2.29. The number of phenols is 1. The molecule has 0 fully saturated rings. The maximum atomic E-state index is 8.63. The number of para-hydroxylation sites is 1. The lowest BCUT2D eigenvalue weighted by atomic mass is 10.3. The summed E-state index contributed by atoms with van der Waals surface area (Å²) in [5, 5.41) is 8.63. The second-order valence-corrected chi connectivity index (χ2v) is 3.94. The van der Waals surface area contributed by atoms with Crippen molar-refractivity contribution in [1.82, 2.24) is 9.80 Å². The van der Waals surface area contributed by atoms with Crippen LogP contribution in [-0.2, 0) is 0 Å². The molecule has 0 aliphatic heterocycles. The van der Waals surface area contributed by atoms with Gasteiger partial charge in [0.05, 0.1) is 0 Å². The molecule has 0 spiro atoms. The monoisotopic (exact) mass is 210 g/mol. The first kappa shape index (κ1) is 13.9. The molecule has 0 saturated heterocycles. The van der Waals surface area contributed by atoms with Crippen LogP contribution in [0.2, 0.25) is 0 Å². The molecule has 1 rings (SSSR count). The van der Waals surface area contributed by atoms with Crippen molar-refractivity contribution < 1.29 is 5.11 Å². The molecule has 1 aromatic rings. The fourth-order valence-electron chi connectivity index (χ4n) is 0.828. The molecule has 1 N–H and O–H groups in total. The molecule has 0 amide bonds. The Morgan fingerprint density at radius 1 is 0.867 bits per heavy atom. The normalized spacial score (nSPS) is 10.0. The van der Waals surface area contributed by atoms with Crippen LogP contribution in [0, 0.1) is 0 Å². The van der Waals surface area contributed by atoms with Crippen molar-refractivity contribution in [3.05, 3.63) is 30.3 Å². The van der Waals surface area contributed by atoms with Crippen LogP contribution in [0.1, 0.15) is 0 Å².